The second kappa shape index (κ2) is 7.78. The minimum absolute atomic E-state index is 0.155. The van der Waals surface area contributed by atoms with Gasteiger partial charge in [-0.1, -0.05) is 30.3 Å². The molecular weight excluding hydrogens is 332 g/mol. The minimum Gasteiger partial charge on any atom is -0.497 e. The Morgan fingerprint density at radius 3 is 2.35 bits per heavy atom. The average Bonchev–Trinajstić information content (AvgIpc) is 2.67. The van der Waals surface area contributed by atoms with E-state index >= 15 is 0 Å². The van der Waals surface area contributed by atoms with Gasteiger partial charge in [0.2, 0.25) is 0 Å². The van der Waals surface area contributed by atoms with Crippen LogP contribution in [0.5, 0.6) is 17.2 Å². The van der Waals surface area contributed by atoms with Crippen LogP contribution in [-0.2, 0) is 11.2 Å². The number of benzene rings is 3. The summed E-state index contributed by atoms with van der Waals surface area (Å²) in [5.74, 6) is 0.704. The van der Waals surface area contributed by atoms with E-state index in [0.717, 1.165) is 10.8 Å². The molecule has 3 aromatic rings. The minimum atomic E-state index is -1.04. The Kier molecular flexibility index (Phi) is 5.27. The molecule has 0 fully saturated rings. The van der Waals surface area contributed by atoms with Gasteiger partial charge in [-0.05, 0) is 41.1 Å². The van der Waals surface area contributed by atoms with Crippen LogP contribution >= 0.6 is 0 Å². The predicted molar refractivity (Wildman–Crippen MR) is 99.2 cm³/mol. The smallest absolute Gasteiger partial charge is 0.345 e. The highest BCUT2D eigenvalue weighted by molar-refractivity contribution is 5.84. The number of carboxylic acids is 1. The zero-order valence-corrected chi connectivity index (χ0v) is 14.6. The van der Waals surface area contributed by atoms with Crippen molar-refractivity contribution in [3.05, 3.63) is 66.2 Å². The summed E-state index contributed by atoms with van der Waals surface area (Å²) in [6.45, 7) is 0. The summed E-state index contributed by atoms with van der Waals surface area (Å²) in [5, 5.41) is 11.7. The van der Waals surface area contributed by atoms with Gasteiger partial charge in [-0.3, -0.25) is 0 Å². The molecule has 5 nitrogen and oxygen atoms in total. The molecule has 5 heteroatoms. The van der Waals surface area contributed by atoms with Crippen molar-refractivity contribution >= 4 is 16.7 Å². The number of carbonyl (C=O) groups is 1. The normalized spacial score (nSPS) is 11.8. The Morgan fingerprint density at radius 2 is 1.65 bits per heavy atom. The van der Waals surface area contributed by atoms with Gasteiger partial charge in [-0.2, -0.15) is 0 Å². The molecule has 0 bridgehead atoms. The maximum absolute atomic E-state index is 11.7. The van der Waals surface area contributed by atoms with Crippen LogP contribution in [0.25, 0.3) is 10.8 Å². The number of aliphatic carboxylic acids is 1. The van der Waals surface area contributed by atoms with Crippen LogP contribution in [0.3, 0.4) is 0 Å². The Hall–Kier alpha value is -3.21. The van der Waals surface area contributed by atoms with E-state index in [1.165, 1.54) is 0 Å². The number of rotatable bonds is 7. The summed E-state index contributed by atoms with van der Waals surface area (Å²) in [7, 11) is 3.11. The van der Waals surface area contributed by atoms with Crippen LogP contribution in [0, 0.1) is 0 Å². The van der Waals surface area contributed by atoms with Gasteiger partial charge in [-0.15, -0.1) is 0 Å². The highest BCUT2D eigenvalue weighted by Crippen LogP contribution is 2.27. The zero-order chi connectivity index (χ0) is 18.5. The quantitative estimate of drug-likeness (QED) is 0.698. The lowest BCUT2D eigenvalue weighted by atomic mass is 10.1. The summed E-state index contributed by atoms with van der Waals surface area (Å²) in [6.07, 6.45) is -0.889. The monoisotopic (exact) mass is 352 g/mol. The van der Waals surface area contributed by atoms with Crippen molar-refractivity contribution in [2.24, 2.45) is 0 Å². The van der Waals surface area contributed by atoms with E-state index < -0.39 is 12.1 Å². The Bertz CT molecular complexity index is 919. The van der Waals surface area contributed by atoms with Crippen LogP contribution < -0.4 is 14.2 Å². The van der Waals surface area contributed by atoms with Crippen molar-refractivity contribution in [2.75, 3.05) is 14.2 Å². The molecule has 0 aliphatic heterocycles. The van der Waals surface area contributed by atoms with E-state index in [1.807, 2.05) is 36.4 Å². The van der Waals surface area contributed by atoms with Crippen molar-refractivity contribution in [3.63, 3.8) is 0 Å². The SMILES string of the molecule is COc1ccc(OC)c(CC(Oc2ccc3ccccc3c2)C(=O)O)c1. The third-order valence-electron chi connectivity index (χ3n) is 4.17. The number of methoxy groups -OCH3 is 2. The maximum atomic E-state index is 11.7. The summed E-state index contributed by atoms with van der Waals surface area (Å²) >= 11 is 0. The Morgan fingerprint density at radius 1 is 0.923 bits per heavy atom. The molecule has 0 heterocycles. The maximum Gasteiger partial charge on any atom is 0.345 e. The molecule has 0 radical (unpaired) electrons. The van der Waals surface area contributed by atoms with E-state index in [-0.39, 0.29) is 6.42 Å². The number of hydrogen-bond donors (Lipinski definition) is 1. The summed E-state index contributed by atoms with van der Waals surface area (Å²) in [4.78, 5) is 11.7. The average molecular weight is 352 g/mol. The fraction of sp³-hybridized carbons (Fsp3) is 0.190. The van der Waals surface area contributed by atoms with Crippen molar-refractivity contribution in [1.29, 1.82) is 0 Å². The molecule has 1 N–H and O–H groups in total. The molecular formula is C21H20O5. The number of hydrogen-bond acceptors (Lipinski definition) is 4. The first kappa shape index (κ1) is 17.6. The molecule has 0 amide bonds. The molecule has 0 saturated heterocycles. The standard InChI is InChI=1S/C21H20O5/c1-24-17-9-10-19(25-2)16(12-17)13-20(21(22)23)26-18-8-7-14-5-3-4-6-15(14)11-18/h3-12,20H,13H2,1-2H3,(H,22,23). The molecule has 3 rings (SSSR count). The fourth-order valence-corrected chi connectivity index (χ4v) is 2.83. The van der Waals surface area contributed by atoms with Crippen LogP contribution in [0.1, 0.15) is 5.56 Å². The Labute approximate surface area is 151 Å². The number of ether oxygens (including phenoxy) is 3. The molecule has 0 aliphatic carbocycles. The van der Waals surface area contributed by atoms with Gasteiger partial charge in [0.25, 0.3) is 0 Å². The molecule has 1 unspecified atom stereocenters. The lowest BCUT2D eigenvalue weighted by Crippen LogP contribution is -2.29. The number of fused-ring (bicyclic) bond motifs is 1. The van der Waals surface area contributed by atoms with Crippen molar-refractivity contribution in [3.8, 4) is 17.2 Å². The Balaban J connectivity index is 1.86. The lowest BCUT2D eigenvalue weighted by Gasteiger charge is -2.18. The van der Waals surface area contributed by atoms with E-state index in [1.54, 1.807) is 38.5 Å². The zero-order valence-electron chi connectivity index (χ0n) is 14.6. The second-order valence-electron chi connectivity index (χ2n) is 5.84. The third kappa shape index (κ3) is 3.88. The van der Waals surface area contributed by atoms with Crippen molar-refractivity contribution < 1.29 is 24.1 Å². The largest absolute Gasteiger partial charge is 0.497 e. The van der Waals surface area contributed by atoms with Crippen LogP contribution in [-0.4, -0.2) is 31.4 Å². The number of carboxylic acid groups (broad SMARTS) is 1. The predicted octanol–water partition coefficient (Wildman–Crippen LogP) is 3.93. The fourth-order valence-electron chi connectivity index (χ4n) is 2.83. The van der Waals surface area contributed by atoms with Crippen molar-refractivity contribution in [2.45, 2.75) is 12.5 Å². The highest BCUT2D eigenvalue weighted by atomic mass is 16.5. The molecule has 0 aliphatic rings. The van der Waals surface area contributed by atoms with Gasteiger partial charge >= 0.3 is 5.97 Å². The van der Waals surface area contributed by atoms with Gasteiger partial charge in [0.15, 0.2) is 6.10 Å². The lowest BCUT2D eigenvalue weighted by molar-refractivity contribution is -0.145. The molecule has 0 saturated carbocycles. The van der Waals surface area contributed by atoms with Crippen LogP contribution in [0.4, 0.5) is 0 Å². The molecule has 0 spiro atoms. The first-order chi connectivity index (χ1) is 12.6. The van der Waals surface area contributed by atoms with E-state index in [4.69, 9.17) is 14.2 Å². The van der Waals surface area contributed by atoms with Gasteiger partial charge in [-0.25, -0.2) is 4.79 Å². The van der Waals surface area contributed by atoms with Crippen molar-refractivity contribution in [1.82, 2.24) is 0 Å². The third-order valence-corrected chi connectivity index (χ3v) is 4.17. The first-order valence-corrected chi connectivity index (χ1v) is 8.20. The second-order valence-corrected chi connectivity index (χ2v) is 5.84. The topological polar surface area (TPSA) is 65.0 Å². The van der Waals surface area contributed by atoms with Gasteiger partial charge in [0.1, 0.15) is 17.2 Å². The van der Waals surface area contributed by atoms with Crippen LogP contribution in [0.15, 0.2) is 60.7 Å². The van der Waals surface area contributed by atoms with Gasteiger partial charge < -0.3 is 19.3 Å². The molecule has 134 valence electrons. The van der Waals surface area contributed by atoms with E-state index in [0.29, 0.717) is 22.8 Å². The van der Waals surface area contributed by atoms with E-state index in [2.05, 4.69) is 0 Å². The summed E-state index contributed by atoms with van der Waals surface area (Å²) in [5.41, 5.74) is 0.708. The van der Waals surface area contributed by atoms with Crippen LogP contribution in [0.2, 0.25) is 0 Å². The van der Waals surface area contributed by atoms with Gasteiger partial charge in [0, 0.05) is 12.0 Å². The summed E-state index contributed by atoms with van der Waals surface area (Å²) in [6, 6.07) is 18.7. The van der Waals surface area contributed by atoms with E-state index in [9.17, 15) is 9.90 Å². The molecule has 1 atom stereocenters. The molecule has 26 heavy (non-hydrogen) atoms. The highest BCUT2D eigenvalue weighted by Gasteiger charge is 2.22. The summed E-state index contributed by atoms with van der Waals surface area (Å²) < 4.78 is 16.3. The van der Waals surface area contributed by atoms with Gasteiger partial charge in [0.05, 0.1) is 14.2 Å². The molecule has 0 aromatic heterocycles. The first-order valence-electron chi connectivity index (χ1n) is 8.20. The molecule has 3 aromatic carbocycles.